The van der Waals surface area contributed by atoms with Crippen LogP contribution in [-0.4, -0.2) is 28.7 Å². The largest absolute Gasteiger partial charge is 0.406 e. The van der Waals surface area contributed by atoms with E-state index in [1.54, 1.807) is 13.8 Å². The number of carbonyl (C=O) groups excluding carboxylic acids is 1. The lowest BCUT2D eigenvalue weighted by Crippen LogP contribution is -2.39. The zero-order valence-corrected chi connectivity index (χ0v) is 11.2. The van der Waals surface area contributed by atoms with E-state index in [0.717, 1.165) is 0 Å². The standard InChI is InChI=1S/C11H21N5O2/c1-6(2)5-13-9(17)8(4)14-11-16-15-10(18-11)7(3)12/h6-8H,5,12H2,1-4H3,(H,13,17)(H,14,16). The predicted octanol–water partition coefficient (Wildman–Crippen LogP) is 0.662. The first-order chi connectivity index (χ1) is 8.40. The van der Waals surface area contributed by atoms with Gasteiger partial charge in [-0.15, -0.1) is 5.10 Å². The van der Waals surface area contributed by atoms with Gasteiger partial charge in [-0.1, -0.05) is 18.9 Å². The molecular weight excluding hydrogens is 234 g/mol. The van der Waals surface area contributed by atoms with E-state index < -0.39 is 6.04 Å². The van der Waals surface area contributed by atoms with Gasteiger partial charge in [-0.25, -0.2) is 0 Å². The van der Waals surface area contributed by atoms with Crippen LogP contribution < -0.4 is 16.4 Å². The van der Waals surface area contributed by atoms with Crippen molar-refractivity contribution in [2.45, 2.75) is 39.8 Å². The van der Waals surface area contributed by atoms with E-state index in [9.17, 15) is 4.79 Å². The third kappa shape index (κ3) is 4.33. The Hall–Kier alpha value is -1.63. The third-order valence-corrected chi connectivity index (χ3v) is 2.25. The number of hydrogen-bond acceptors (Lipinski definition) is 6. The van der Waals surface area contributed by atoms with Crippen molar-refractivity contribution in [3.63, 3.8) is 0 Å². The van der Waals surface area contributed by atoms with Crippen molar-refractivity contribution >= 4 is 11.9 Å². The van der Waals surface area contributed by atoms with Crippen molar-refractivity contribution in [2.75, 3.05) is 11.9 Å². The van der Waals surface area contributed by atoms with Crippen LogP contribution in [0, 0.1) is 5.92 Å². The summed E-state index contributed by atoms with van der Waals surface area (Å²) in [7, 11) is 0. The molecule has 7 nitrogen and oxygen atoms in total. The summed E-state index contributed by atoms with van der Waals surface area (Å²) in [5, 5.41) is 13.2. The fraction of sp³-hybridized carbons (Fsp3) is 0.727. The second-order valence-electron chi connectivity index (χ2n) is 4.74. The molecule has 0 aliphatic heterocycles. The van der Waals surface area contributed by atoms with E-state index in [-0.39, 0.29) is 18.0 Å². The molecule has 1 aromatic heterocycles. The average molecular weight is 255 g/mol. The number of nitrogens with two attached hydrogens (primary N) is 1. The molecule has 7 heteroatoms. The minimum Gasteiger partial charge on any atom is -0.406 e. The number of amides is 1. The van der Waals surface area contributed by atoms with Gasteiger partial charge in [0.25, 0.3) is 0 Å². The van der Waals surface area contributed by atoms with E-state index >= 15 is 0 Å². The summed E-state index contributed by atoms with van der Waals surface area (Å²) in [6, 6.07) is -0.558. The molecule has 1 amide bonds. The minimum atomic E-state index is -0.440. The van der Waals surface area contributed by atoms with Crippen molar-refractivity contribution in [3.8, 4) is 0 Å². The summed E-state index contributed by atoms with van der Waals surface area (Å²) in [4.78, 5) is 11.7. The molecule has 0 radical (unpaired) electrons. The van der Waals surface area contributed by atoms with Gasteiger partial charge in [-0.2, -0.15) is 0 Å². The van der Waals surface area contributed by atoms with E-state index in [2.05, 4.69) is 20.8 Å². The van der Waals surface area contributed by atoms with Crippen molar-refractivity contribution in [3.05, 3.63) is 5.89 Å². The molecule has 0 bridgehead atoms. The summed E-state index contributed by atoms with van der Waals surface area (Å²) in [6.07, 6.45) is 0. The van der Waals surface area contributed by atoms with Gasteiger partial charge in [-0.05, 0) is 19.8 Å². The van der Waals surface area contributed by atoms with Crippen LogP contribution in [0.15, 0.2) is 4.42 Å². The van der Waals surface area contributed by atoms with Gasteiger partial charge in [0.1, 0.15) is 6.04 Å². The Morgan fingerprint density at radius 3 is 2.50 bits per heavy atom. The SMILES string of the molecule is CC(C)CNC(=O)C(C)Nc1nnc(C(C)N)o1. The van der Waals surface area contributed by atoms with E-state index in [1.165, 1.54) is 0 Å². The number of rotatable bonds is 6. The van der Waals surface area contributed by atoms with Crippen LogP contribution in [0.25, 0.3) is 0 Å². The molecule has 0 aliphatic carbocycles. The zero-order chi connectivity index (χ0) is 13.7. The highest BCUT2D eigenvalue weighted by molar-refractivity contribution is 5.83. The van der Waals surface area contributed by atoms with Crippen LogP contribution in [0.2, 0.25) is 0 Å². The number of aromatic nitrogens is 2. The van der Waals surface area contributed by atoms with Crippen LogP contribution in [0.5, 0.6) is 0 Å². The quantitative estimate of drug-likeness (QED) is 0.689. The lowest BCUT2D eigenvalue weighted by Gasteiger charge is -2.13. The normalized spacial score (nSPS) is 14.3. The summed E-state index contributed by atoms with van der Waals surface area (Å²) in [6.45, 7) is 8.18. The molecule has 0 saturated carbocycles. The first kappa shape index (κ1) is 14.4. The summed E-state index contributed by atoms with van der Waals surface area (Å²) in [5.74, 6) is 0.644. The van der Waals surface area contributed by atoms with Gasteiger partial charge in [-0.3, -0.25) is 4.79 Å². The molecule has 0 aromatic carbocycles. The highest BCUT2D eigenvalue weighted by Gasteiger charge is 2.16. The van der Waals surface area contributed by atoms with Crippen LogP contribution in [-0.2, 0) is 4.79 Å². The summed E-state index contributed by atoms with van der Waals surface area (Å²) in [5.41, 5.74) is 5.60. The Morgan fingerprint density at radius 2 is 2.00 bits per heavy atom. The van der Waals surface area contributed by atoms with Gasteiger partial charge in [0.15, 0.2) is 0 Å². The highest BCUT2D eigenvalue weighted by atomic mass is 16.4. The van der Waals surface area contributed by atoms with Crippen molar-refractivity contribution in [1.82, 2.24) is 15.5 Å². The number of nitrogens with zero attached hydrogens (tertiary/aromatic N) is 2. The molecule has 1 heterocycles. The fourth-order valence-electron chi connectivity index (χ4n) is 1.19. The van der Waals surface area contributed by atoms with Gasteiger partial charge in [0.05, 0.1) is 6.04 Å². The van der Waals surface area contributed by atoms with Gasteiger partial charge >= 0.3 is 6.01 Å². The zero-order valence-electron chi connectivity index (χ0n) is 11.2. The molecular formula is C11H21N5O2. The van der Waals surface area contributed by atoms with E-state index in [0.29, 0.717) is 18.4 Å². The predicted molar refractivity (Wildman–Crippen MR) is 67.8 cm³/mol. The first-order valence-corrected chi connectivity index (χ1v) is 6.03. The Labute approximate surface area is 107 Å². The van der Waals surface area contributed by atoms with E-state index in [1.807, 2.05) is 13.8 Å². The maximum Gasteiger partial charge on any atom is 0.316 e. The number of carbonyl (C=O) groups is 1. The highest BCUT2D eigenvalue weighted by Crippen LogP contribution is 2.11. The fourth-order valence-corrected chi connectivity index (χ4v) is 1.19. The van der Waals surface area contributed by atoms with Gasteiger partial charge in [0, 0.05) is 6.54 Å². The monoisotopic (exact) mass is 255 g/mol. The molecule has 0 fully saturated rings. The van der Waals surface area contributed by atoms with Crippen LogP contribution in [0.1, 0.15) is 39.6 Å². The Kier molecular flexibility index (Phi) is 5.08. The molecule has 18 heavy (non-hydrogen) atoms. The van der Waals surface area contributed by atoms with Crippen LogP contribution >= 0.6 is 0 Å². The number of hydrogen-bond donors (Lipinski definition) is 3. The molecule has 4 N–H and O–H groups in total. The smallest absolute Gasteiger partial charge is 0.316 e. The second kappa shape index (κ2) is 6.34. The van der Waals surface area contributed by atoms with Crippen molar-refractivity contribution in [2.24, 2.45) is 11.7 Å². The maximum absolute atomic E-state index is 11.7. The van der Waals surface area contributed by atoms with E-state index in [4.69, 9.17) is 10.2 Å². The third-order valence-electron chi connectivity index (χ3n) is 2.25. The van der Waals surface area contributed by atoms with Crippen LogP contribution in [0.3, 0.4) is 0 Å². The Morgan fingerprint density at radius 1 is 1.33 bits per heavy atom. The number of nitrogens with one attached hydrogen (secondary N) is 2. The molecule has 1 rings (SSSR count). The lowest BCUT2D eigenvalue weighted by molar-refractivity contribution is -0.121. The second-order valence-corrected chi connectivity index (χ2v) is 4.74. The summed E-state index contributed by atoms with van der Waals surface area (Å²) < 4.78 is 5.25. The van der Waals surface area contributed by atoms with Gasteiger partial charge in [0.2, 0.25) is 11.8 Å². The molecule has 2 unspecified atom stereocenters. The molecule has 0 saturated heterocycles. The Bertz CT molecular complexity index is 389. The minimum absolute atomic E-state index is 0.107. The number of anilines is 1. The molecule has 1 aromatic rings. The topological polar surface area (TPSA) is 106 Å². The van der Waals surface area contributed by atoms with Crippen molar-refractivity contribution < 1.29 is 9.21 Å². The van der Waals surface area contributed by atoms with Crippen molar-refractivity contribution in [1.29, 1.82) is 0 Å². The summed E-state index contributed by atoms with van der Waals surface area (Å²) >= 11 is 0. The first-order valence-electron chi connectivity index (χ1n) is 6.03. The molecule has 2 atom stereocenters. The molecule has 0 aliphatic rings. The molecule has 0 spiro atoms. The lowest BCUT2D eigenvalue weighted by atomic mass is 10.2. The van der Waals surface area contributed by atoms with Gasteiger partial charge < -0.3 is 20.8 Å². The van der Waals surface area contributed by atoms with Crippen LogP contribution in [0.4, 0.5) is 6.01 Å². The average Bonchev–Trinajstić information content (AvgIpc) is 2.74. The maximum atomic E-state index is 11.7. The molecule has 102 valence electrons. The Balaban J connectivity index is 2.47.